The van der Waals surface area contributed by atoms with Gasteiger partial charge >= 0.3 is 0 Å². The van der Waals surface area contributed by atoms with Crippen molar-refractivity contribution in [2.24, 2.45) is 0 Å². The first-order valence-corrected chi connectivity index (χ1v) is 10.1. The molecule has 8 heteroatoms. The van der Waals surface area contributed by atoms with Gasteiger partial charge in [-0.05, 0) is 50.9 Å². The molecule has 1 saturated heterocycles. The van der Waals surface area contributed by atoms with Crippen molar-refractivity contribution in [3.63, 3.8) is 0 Å². The second kappa shape index (κ2) is 7.74. The number of benzene rings is 1. The van der Waals surface area contributed by atoms with Gasteiger partial charge < -0.3 is 15.5 Å². The van der Waals surface area contributed by atoms with Crippen LogP contribution in [-0.4, -0.2) is 51.2 Å². The summed E-state index contributed by atoms with van der Waals surface area (Å²) in [6.07, 6.45) is 4.27. The maximum Gasteiger partial charge on any atom is 0.254 e. The number of anilines is 1. The highest BCUT2D eigenvalue weighted by atomic mass is 32.1. The van der Waals surface area contributed by atoms with Gasteiger partial charge in [-0.2, -0.15) is 9.36 Å². The predicted molar refractivity (Wildman–Crippen MR) is 105 cm³/mol. The van der Waals surface area contributed by atoms with Gasteiger partial charge in [0, 0.05) is 41.7 Å². The molecule has 4 rings (SSSR count). The Balaban J connectivity index is 1.49. The van der Waals surface area contributed by atoms with Crippen LogP contribution in [0.4, 0.5) is 5.13 Å². The van der Waals surface area contributed by atoms with E-state index in [1.165, 1.54) is 6.92 Å². The largest absolute Gasteiger partial charge is 0.333 e. The normalized spacial score (nSPS) is 17.5. The molecule has 0 atom stereocenters. The average Bonchev–Trinajstić information content (AvgIpc) is 3.40. The highest BCUT2D eigenvalue weighted by Crippen LogP contribution is 2.33. The highest BCUT2D eigenvalue weighted by Gasteiger charge is 2.38. The second-order valence-corrected chi connectivity index (χ2v) is 7.86. The van der Waals surface area contributed by atoms with Crippen LogP contribution in [0.1, 0.15) is 43.0 Å². The first kappa shape index (κ1) is 18.1. The van der Waals surface area contributed by atoms with Crippen molar-refractivity contribution >= 4 is 28.5 Å². The molecule has 2 aliphatic rings. The van der Waals surface area contributed by atoms with Crippen molar-refractivity contribution in [3.05, 3.63) is 29.8 Å². The Labute approximate surface area is 162 Å². The van der Waals surface area contributed by atoms with Crippen molar-refractivity contribution in [2.45, 2.75) is 44.7 Å². The molecule has 1 aliphatic heterocycles. The lowest BCUT2D eigenvalue weighted by atomic mass is 10.0. The van der Waals surface area contributed by atoms with Crippen molar-refractivity contribution in [2.75, 3.05) is 18.4 Å². The molecule has 1 aliphatic carbocycles. The molecule has 0 spiro atoms. The van der Waals surface area contributed by atoms with Crippen LogP contribution < -0.4 is 10.6 Å². The van der Waals surface area contributed by atoms with Gasteiger partial charge in [0.25, 0.3) is 5.91 Å². The predicted octanol–water partition coefficient (Wildman–Crippen LogP) is 2.52. The van der Waals surface area contributed by atoms with Crippen LogP contribution >= 0.6 is 11.5 Å². The summed E-state index contributed by atoms with van der Waals surface area (Å²) in [6, 6.07) is 8.20. The van der Waals surface area contributed by atoms with Crippen LogP contribution in [0.5, 0.6) is 0 Å². The number of piperidine rings is 1. The third-order valence-corrected chi connectivity index (χ3v) is 5.61. The third-order valence-electron chi connectivity index (χ3n) is 4.98. The fourth-order valence-corrected chi connectivity index (χ4v) is 4.16. The van der Waals surface area contributed by atoms with E-state index in [1.807, 2.05) is 24.3 Å². The second-order valence-electron chi connectivity index (χ2n) is 7.11. The minimum Gasteiger partial charge on any atom is -0.333 e. The van der Waals surface area contributed by atoms with Crippen molar-refractivity contribution in [1.29, 1.82) is 0 Å². The number of nitrogens with one attached hydrogen (secondary N) is 2. The molecule has 142 valence electrons. The molecule has 0 unspecified atom stereocenters. The van der Waals surface area contributed by atoms with E-state index in [-0.39, 0.29) is 11.8 Å². The van der Waals surface area contributed by atoms with E-state index in [0.717, 1.165) is 55.9 Å². The smallest absolute Gasteiger partial charge is 0.254 e. The maximum atomic E-state index is 13.1. The van der Waals surface area contributed by atoms with Crippen LogP contribution in [0.2, 0.25) is 0 Å². The monoisotopic (exact) mass is 385 g/mol. The van der Waals surface area contributed by atoms with Gasteiger partial charge in [-0.1, -0.05) is 12.1 Å². The van der Waals surface area contributed by atoms with Gasteiger partial charge in [-0.15, -0.1) is 0 Å². The highest BCUT2D eigenvalue weighted by molar-refractivity contribution is 7.10. The molecule has 2 aromatic rings. The average molecular weight is 385 g/mol. The van der Waals surface area contributed by atoms with E-state index < -0.39 is 0 Å². The zero-order valence-corrected chi connectivity index (χ0v) is 16.1. The fourth-order valence-electron chi connectivity index (χ4n) is 3.52. The van der Waals surface area contributed by atoms with E-state index in [0.29, 0.717) is 28.6 Å². The summed E-state index contributed by atoms with van der Waals surface area (Å²) >= 11 is 1.14. The quantitative estimate of drug-likeness (QED) is 0.826. The minimum atomic E-state index is -0.170. The molecule has 0 bridgehead atoms. The number of aromatic nitrogens is 2. The van der Waals surface area contributed by atoms with Gasteiger partial charge in [0.1, 0.15) is 0 Å². The van der Waals surface area contributed by atoms with Gasteiger partial charge in [-0.3, -0.25) is 9.59 Å². The van der Waals surface area contributed by atoms with E-state index in [1.54, 1.807) is 0 Å². The number of hydrogen-bond acceptors (Lipinski definition) is 6. The van der Waals surface area contributed by atoms with Gasteiger partial charge in [0.15, 0.2) is 5.82 Å². The summed E-state index contributed by atoms with van der Waals surface area (Å²) in [4.78, 5) is 30.7. The standard InChI is InChI=1S/C19H23N5O2S/c1-12(25)21-19-22-17(23-27-19)13-2-4-14(5-3-13)18(26)24(15-6-7-15)16-8-10-20-11-9-16/h2-5,15-16,20H,6-11H2,1H3,(H,21,22,23,25). The summed E-state index contributed by atoms with van der Waals surface area (Å²) < 4.78 is 4.27. The van der Waals surface area contributed by atoms with E-state index in [2.05, 4.69) is 24.9 Å². The van der Waals surface area contributed by atoms with Crippen molar-refractivity contribution < 1.29 is 9.59 Å². The van der Waals surface area contributed by atoms with Crippen molar-refractivity contribution in [3.8, 4) is 11.4 Å². The lowest BCUT2D eigenvalue weighted by Crippen LogP contribution is -2.47. The number of amides is 2. The summed E-state index contributed by atoms with van der Waals surface area (Å²) in [6.45, 7) is 3.40. The lowest BCUT2D eigenvalue weighted by molar-refractivity contribution is -0.114. The number of rotatable bonds is 5. The number of carbonyl (C=O) groups is 2. The summed E-state index contributed by atoms with van der Waals surface area (Å²) in [5.74, 6) is 0.512. The Hall–Kier alpha value is -2.32. The molecular formula is C19H23N5O2S. The van der Waals surface area contributed by atoms with Gasteiger partial charge in [0.05, 0.1) is 0 Å². The molecule has 0 radical (unpaired) electrons. The summed E-state index contributed by atoms with van der Waals surface area (Å²) in [5.41, 5.74) is 1.54. The maximum absolute atomic E-state index is 13.1. The number of carbonyl (C=O) groups excluding carboxylic acids is 2. The Morgan fingerprint density at radius 3 is 2.41 bits per heavy atom. The minimum absolute atomic E-state index is 0.126. The molecule has 1 saturated carbocycles. The molecule has 2 N–H and O–H groups in total. The first-order valence-electron chi connectivity index (χ1n) is 9.37. The topological polar surface area (TPSA) is 87.2 Å². The van der Waals surface area contributed by atoms with Crippen LogP contribution in [0.25, 0.3) is 11.4 Å². The molecular weight excluding hydrogens is 362 g/mol. The zero-order valence-electron chi connectivity index (χ0n) is 15.3. The Bertz CT molecular complexity index is 825. The first-order chi connectivity index (χ1) is 13.1. The molecule has 7 nitrogen and oxygen atoms in total. The number of hydrogen-bond donors (Lipinski definition) is 2. The molecule has 2 fully saturated rings. The van der Waals surface area contributed by atoms with Crippen LogP contribution in [0, 0.1) is 0 Å². The molecule has 2 heterocycles. The Kier molecular flexibility index (Phi) is 5.18. The summed E-state index contributed by atoms with van der Waals surface area (Å²) in [7, 11) is 0. The van der Waals surface area contributed by atoms with E-state index in [9.17, 15) is 9.59 Å². The molecule has 2 amide bonds. The zero-order chi connectivity index (χ0) is 18.8. The SMILES string of the molecule is CC(=O)Nc1nc(-c2ccc(C(=O)N(C3CCNCC3)C3CC3)cc2)ns1. The van der Waals surface area contributed by atoms with Crippen molar-refractivity contribution in [1.82, 2.24) is 19.6 Å². The molecule has 1 aromatic carbocycles. The Morgan fingerprint density at radius 2 is 1.78 bits per heavy atom. The third kappa shape index (κ3) is 4.17. The van der Waals surface area contributed by atoms with Gasteiger partial charge in [-0.25, -0.2) is 0 Å². The Morgan fingerprint density at radius 1 is 1.11 bits per heavy atom. The van der Waals surface area contributed by atoms with Crippen LogP contribution in [0.15, 0.2) is 24.3 Å². The number of nitrogens with zero attached hydrogens (tertiary/aromatic N) is 3. The fraction of sp³-hybridized carbons (Fsp3) is 0.474. The van der Waals surface area contributed by atoms with Gasteiger partial charge in [0.2, 0.25) is 11.0 Å². The van der Waals surface area contributed by atoms with E-state index in [4.69, 9.17) is 0 Å². The van der Waals surface area contributed by atoms with Crippen LogP contribution in [-0.2, 0) is 4.79 Å². The van der Waals surface area contributed by atoms with E-state index >= 15 is 0 Å². The molecule has 1 aromatic heterocycles. The summed E-state index contributed by atoms with van der Waals surface area (Å²) in [5, 5.41) is 6.48. The molecule has 27 heavy (non-hydrogen) atoms. The lowest BCUT2D eigenvalue weighted by Gasteiger charge is -2.35. The van der Waals surface area contributed by atoms with Crippen LogP contribution in [0.3, 0.4) is 0 Å².